The Morgan fingerprint density at radius 1 is 1.03 bits per heavy atom. The van der Waals surface area contributed by atoms with Crippen molar-refractivity contribution in [3.63, 3.8) is 0 Å². The van der Waals surface area contributed by atoms with Crippen molar-refractivity contribution in [1.82, 2.24) is 15.0 Å². The second-order valence-corrected chi connectivity index (χ2v) is 7.38. The number of thioether (sulfide) groups is 1. The molecule has 0 bridgehead atoms. The predicted octanol–water partition coefficient (Wildman–Crippen LogP) is 4.80. The number of hydrogen-bond acceptors (Lipinski definition) is 8. The fourth-order valence-electron chi connectivity index (χ4n) is 2.75. The van der Waals surface area contributed by atoms with Gasteiger partial charge in [0.1, 0.15) is 17.0 Å². The lowest BCUT2D eigenvalue weighted by atomic mass is 10.1. The Hall–Kier alpha value is -2.00. The molecule has 7 nitrogen and oxygen atoms in total. The Balaban J connectivity index is 2.25. The fraction of sp³-hybridized carbons (Fsp3) is 0.316. The van der Waals surface area contributed by atoms with Gasteiger partial charge in [-0.2, -0.15) is 0 Å². The molecule has 0 amide bonds. The summed E-state index contributed by atoms with van der Waals surface area (Å²) in [6.45, 7) is 1.08. The van der Waals surface area contributed by atoms with Crippen molar-refractivity contribution in [3.05, 3.63) is 28.4 Å². The Morgan fingerprint density at radius 3 is 2.31 bits per heavy atom. The van der Waals surface area contributed by atoms with Crippen LogP contribution in [-0.4, -0.2) is 55.7 Å². The van der Waals surface area contributed by atoms with E-state index in [9.17, 15) is 0 Å². The number of ether oxygens (including phenoxy) is 3. The number of methoxy groups -OCH3 is 3. The van der Waals surface area contributed by atoms with Crippen molar-refractivity contribution >= 4 is 51.7 Å². The number of nitrogens with one attached hydrogen (secondary N) is 1. The number of pyridine rings is 1. The van der Waals surface area contributed by atoms with Crippen molar-refractivity contribution < 1.29 is 14.2 Å². The number of nitrogens with zero attached hydrogens (tertiary/aromatic N) is 3. The van der Waals surface area contributed by atoms with Crippen LogP contribution in [0.25, 0.3) is 22.2 Å². The molecule has 29 heavy (non-hydrogen) atoms. The Bertz CT molecular complexity index is 1010. The molecule has 2 aromatic heterocycles. The first-order valence-electron chi connectivity index (χ1n) is 8.59. The highest BCUT2D eigenvalue weighted by atomic mass is 35.5. The van der Waals surface area contributed by atoms with Crippen molar-refractivity contribution in [1.29, 1.82) is 0 Å². The molecular formula is C19H20Cl2N4O3S. The molecule has 3 aromatic rings. The van der Waals surface area contributed by atoms with E-state index in [4.69, 9.17) is 42.4 Å². The third-order valence-corrected chi connectivity index (χ3v) is 5.47. The summed E-state index contributed by atoms with van der Waals surface area (Å²) in [7, 11) is 4.70. The van der Waals surface area contributed by atoms with Crippen LogP contribution < -0.4 is 14.8 Å². The topological polar surface area (TPSA) is 78.4 Å². The molecule has 1 aromatic carbocycles. The van der Waals surface area contributed by atoms with E-state index in [2.05, 4.69) is 15.3 Å². The van der Waals surface area contributed by atoms with Crippen LogP contribution in [-0.2, 0) is 4.74 Å². The third kappa shape index (κ3) is 4.45. The van der Waals surface area contributed by atoms with Gasteiger partial charge < -0.3 is 19.5 Å². The fourth-order valence-corrected chi connectivity index (χ4v) is 3.79. The van der Waals surface area contributed by atoms with E-state index in [1.807, 2.05) is 12.3 Å². The molecule has 0 saturated heterocycles. The van der Waals surface area contributed by atoms with E-state index in [1.54, 1.807) is 19.4 Å². The minimum absolute atomic E-state index is 0.342. The second-order valence-electron chi connectivity index (χ2n) is 5.85. The van der Waals surface area contributed by atoms with Gasteiger partial charge in [0.25, 0.3) is 0 Å². The van der Waals surface area contributed by atoms with Crippen LogP contribution in [0.3, 0.4) is 0 Å². The molecule has 154 valence electrons. The van der Waals surface area contributed by atoms with Crippen LogP contribution in [0.5, 0.6) is 11.5 Å². The lowest BCUT2D eigenvalue weighted by Crippen LogP contribution is -2.10. The van der Waals surface area contributed by atoms with Crippen LogP contribution in [0.4, 0.5) is 5.82 Å². The Labute approximate surface area is 183 Å². The third-order valence-electron chi connectivity index (χ3n) is 4.15. The molecule has 3 rings (SSSR count). The predicted molar refractivity (Wildman–Crippen MR) is 118 cm³/mol. The molecule has 0 radical (unpaired) electrons. The summed E-state index contributed by atoms with van der Waals surface area (Å²) in [6, 6.07) is 3.48. The van der Waals surface area contributed by atoms with Gasteiger partial charge in [-0.25, -0.2) is 15.0 Å². The minimum atomic E-state index is 0.342. The van der Waals surface area contributed by atoms with Gasteiger partial charge in [-0.3, -0.25) is 0 Å². The van der Waals surface area contributed by atoms with Crippen LogP contribution in [0.15, 0.2) is 23.5 Å². The zero-order chi connectivity index (χ0) is 21.0. The summed E-state index contributed by atoms with van der Waals surface area (Å²) < 4.78 is 15.9. The van der Waals surface area contributed by atoms with Crippen LogP contribution in [0, 0.1) is 0 Å². The van der Waals surface area contributed by atoms with Crippen molar-refractivity contribution in [3.8, 4) is 22.8 Å². The maximum Gasteiger partial charge on any atom is 0.187 e. The van der Waals surface area contributed by atoms with Gasteiger partial charge in [0, 0.05) is 36.9 Å². The zero-order valence-corrected chi connectivity index (χ0v) is 18.7. The van der Waals surface area contributed by atoms with Crippen molar-refractivity contribution in [2.45, 2.75) is 5.16 Å². The van der Waals surface area contributed by atoms with Crippen LogP contribution >= 0.6 is 35.0 Å². The lowest BCUT2D eigenvalue weighted by Gasteiger charge is -2.16. The summed E-state index contributed by atoms with van der Waals surface area (Å²) in [5.41, 5.74) is 1.76. The first kappa shape index (κ1) is 21.7. The van der Waals surface area contributed by atoms with Gasteiger partial charge in [-0.05, 0) is 12.3 Å². The molecule has 10 heteroatoms. The molecule has 0 aliphatic heterocycles. The number of rotatable bonds is 8. The molecule has 1 N–H and O–H groups in total. The van der Waals surface area contributed by atoms with Gasteiger partial charge in [-0.1, -0.05) is 35.0 Å². The van der Waals surface area contributed by atoms with E-state index >= 15 is 0 Å². The minimum Gasteiger partial charge on any atom is -0.495 e. The Morgan fingerprint density at radius 2 is 1.72 bits per heavy atom. The lowest BCUT2D eigenvalue weighted by molar-refractivity contribution is 0.210. The summed E-state index contributed by atoms with van der Waals surface area (Å²) >= 11 is 14.6. The number of aromatic nitrogens is 3. The maximum atomic E-state index is 6.58. The molecular weight excluding hydrogens is 435 g/mol. The van der Waals surface area contributed by atoms with Crippen LogP contribution in [0.2, 0.25) is 10.0 Å². The number of fused-ring (bicyclic) bond motifs is 1. The number of anilines is 1. The number of benzene rings is 1. The molecule has 2 heterocycles. The zero-order valence-electron chi connectivity index (χ0n) is 16.4. The first-order valence-corrected chi connectivity index (χ1v) is 10.6. The second kappa shape index (κ2) is 9.67. The maximum absolute atomic E-state index is 6.58. The average molecular weight is 455 g/mol. The molecule has 0 fully saturated rings. The molecule has 0 spiro atoms. The van der Waals surface area contributed by atoms with E-state index < -0.39 is 0 Å². The van der Waals surface area contributed by atoms with E-state index in [0.717, 1.165) is 5.39 Å². The Kier molecular flexibility index (Phi) is 7.23. The van der Waals surface area contributed by atoms with Gasteiger partial charge in [0.15, 0.2) is 11.0 Å². The van der Waals surface area contributed by atoms with Gasteiger partial charge in [0.2, 0.25) is 0 Å². The largest absolute Gasteiger partial charge is 0.495 e. The normalized spacial score (nSPS) is 11.0. The monoisotopic (exact) mass is 454 g/mol. The highest BCUT2D eigenvalue weighted by molar-refractivity contribution is 7.98. The van der Waals surface area contributed by atoms with Crippen molar-refractivity contribution in [2.24, 2.45) is 0 Å². The number of halogens is 2. The van der Waals surface area contributed by atoms with E-state index in [1.165, 1.54) is 26.0 Å². The van der Waals surface area contributed by atoms with Gasteiger partial charge in [-0.15, -0.1) is 0 Å². The highest BCUT2D eigenvalue weighted by Crippen LogP contribution is 2.46. The van der Waals surface area contributed by atoms with E-state index in [0.29, 0.717) is 62.4 Å². The summed E-state index contributed by atoms with van der Waals surface area (Å²) in [6.07, 6.45) is 3.67. The summed E-state index contributed by atoms with van der Waals surface area (Å²) in [4.78, 5) is 13.7. The molecule has 0 unspecified atom stereocenters. The van der Waals surface area contributed by atoms with Gasteiger partial charge >= 0.3 is 0 Å². The molecule has 0 aliphatic rings. The van der Waals surface area contributed by atoms with E-state index in [-0.39, 0.29) is 0 Å². The smallest absolute Gasteiger partial charge is 0.187 e. The first-order chi connectivity index (χ1) is 14.0. The highest BCUT2D eigenvalue weighted by Gasteiger charge is 2.21. The summed E-state index contributed by atoms with van der Waals surface area (Å²) in [5.74, 6) is 1.46. The molecule has 0 atom stereocenters. The van der Waals surface area contributed by atoms with Gasteiger partial charge in [0.05, 0.1) is 36.6 Å². The summed E-state index contributed by atoms with van der Waals surface area (Å²) in [5, 5.41) is 5.39. The average Bonchev–Trinajstić information content (AvgIpc) is 2.74. The quantitative estimate of drug-likeness (QED) is 0.295. The SMILES string of the molecule is COCCNc1nc(-c2c(Cl)c(OC)cc(OC)c2Cl)cc2cnc(SC)nc12. The standard InChI is InChI=1S/C19H20Cl2N4O3S/c1-26-6-5-22-18-17-10(9-23-19(25-17)29-4)7-11(24-18)14-15(20)12(27-2)8-13(28-3)16(14)21/h7-9H,5-6H2,1-4H3,(H,22,24). The number of hydrogen-bond donors (Lipinski definition) is 1. The molecule has 0 aliphatic carbocycles. The van der Waals surface area contributed by atoms with Crippen molar-refractivity contribution in [2.75, 3.05) is 46.1 Å². The molecule has 0 saturated carbocycles. The van der Waals surface area contributed by atoms with Crippen LogP contribution in [0.1, 0.15) is 0 Å².